The number of rotatable bonds is 7. The van der Waals surface area contributed by atoms with Crippen LogP contribution in [-0.2, 0) is 4.79 Å². The van der Waals surface area contributed by atoms with E-state index >= 15 is 0 Å². The molecule has 1 fully saturated rings. The van der Waals surface area contributed by atoms with E-state index in [9.17, 15) is 19.7 Å². The van der Waals surface area contributed by atoms with Crippen molar-refractivity contribution >= 4 is 40.6 Å². The molecule has 2 amide bonds. The van der Waals surface area contributed by atoms with Crippen LogP contribution in [0, 0.1) is 16.0 Å². The third kappa shape index (κ3) is 5.29. The van der Waals surface area contributed by atoms with Gasteiger partial charge >= 0.3 is 0 Å². The minimum absolute atomic E-state index is 0.0754. The number of nitrogens with one attached hydrogen (secondary N) is 1. The van der Waals surface area contributed by atoms with Crippen molar-refractivity contribution in [2.45, 2.75) is 24.7 Å². The van der Waals surface area contributed by atoms with E-state index in [1.165, 1.54) is 17.8 Å². The standard InChI is InChI=1S/C21H24N4O4S/c1-14-8-10-24(11-9-14)17-7-6-15(12-18(17)25(28)29)21(27)23-16-4-2-3-5-19(16)30-13-20(22)26/h2-7,12,14H,8-11,13H2,1H3,(H2,22,26)(H,23,27). The van der Waals surface area contributed by atoms with Crippen molar-refractivity contribution < 1.29 is 14.5 Å². The molecule has 1 heterocycles. The van der Waals surface area contributed by atoms with Crippen LogP contribution in [0.15, 0.2) is 47.4 Å². The molecule has 3 rings (SSSR count). The molecule has 1 saturated heterocycles. The fourth-order valence-corrected chi connectivity index (χ4v) is 4.11. The molecule has 30 heavy (non-hydrogen) atoms. The van der Waals surface area contributed by atoms with Gasteiger partial charge < -0.3 is 16.0 Å². The van der Waals surface area contributed by atoms with Crippen LogP contribution in [0.4, 0.5) is 17.1 Å². The normalized spacial score (nSPS) is 14.4. The highest BCUT2D eigenvalue weighted by atomic mass is 32.2. The first-order chi connectivity index (χ1) is 14.3. The van der Waals surface area contributed by atoms with Crippen LogP contribution in [-0.4, -0.2) is 35.6 Å². The van der Waals surface area contributed by atoms with E-state index < -0.39 is 16.7 Å². The van der Waals surface area contributed by atoms with Gasteiger partial charge in [0.05, 0.1) is 16.4 Å². The van der Waals surface area contributed by atoms with E-state index in [4.69, 9.17) is 5.73 Å². The molecule has 1 aliphatic rings. The molecule has 2 aromatic rings. The Balaban J connectivity index is 1.81. The maximum absolute atomic E-state index is 12.8. The Morgan fingerprint density at radius 1 is 1.23 bits per heavy atom. The highest BCUT2D eigenvalue weighted by molar-refractivity contribution is 8.00. The molecular weight excluding hydrogens is 404 g/mol. The fourth-order valence-electron chi connectivity index (χ4n) is 3.37. The van der Waals surface area contributed by atoms with Crippen molar-refractivity contribution in [2.24, 2.45) is 11.7 Å². The Morgan fingerprint density at radius 2 is 1.93 bits per heavy atom. The van der Waals surface area contributed by atoms with Crippen molar-refractivity contribution in [2.75, 3.05) is 29.1 Å². The first kappa shape index (κ1) is 21.6. The average Bonchev–Trinajstić information content (AvgIpc) is 2.73. The van der Waals surface area contributed by atoms with Crippen LogP contribution >= 0.6 is 11.8 Å². The zero-order valence-corrected chi connectivity index (χ0v) is 17.5. The molecule has 9 heteroatoms. The number of carbonyl (C=O) groups excluding carboxylic acids is 2. The van der Waals surface area contributed by atoms with Gasteiger partial charge in [-0.3, -0.25) is 19.7 Å². The molecular formula is C21H24N4O4S. The highest BCUT2D eigenvalue weighted by Crippen LogP contribution is 2.33. The van der Waals surface area contributed by atoms with Crippen molar-refractivity contribution in [1.82, 2.24) is 0 Å². The van der Waals surface area contributed by atoms with Crippen molar-refractivity contribution in [3.8, 4) is 0 Å². The average molecular weight is 429 g/mol. The topological polar surface area (TPSA) is 119 Å². The first-order valence-corrected chi connectivity index (χ1v) is 10.7. The predicted molar refractivity (Wildman–Crippen MR) is 118 cm³/mol. The third-order valence-electron chi connectivity index (χ3n) is 5.06. The number of primary amides is 1. The highest BCUT2D eigenvalue weighted by Gasteiger charge is 2.25. The zero-order chi connectivity index (χ0) is 21.7. The van der Waals surface area contributed by atoms with E-state index in [0.717, 1.165) is 25.9 Å². The minimum atomic E-state index is -0.459. The van der Waals surface area contributed by atoms with Gasteiger partial charge in [0.25, 0.3) is 11.6 Å². The number of nitrogens with two attached hydrogens (primary N) is 1. The van der Waals surface area contributed by atoms with Crippen molar-refractivity contribution in [1.29, 1.82) is 0 Å². The van der Waals surface area contributed by atoms with Gasteiger partial charge in [0.2, 0.25) is 5.91 Å². The van der Waals surface area contributed by atoms with E-state index in [-0.39, 0.29) is 17.0 Å². The lowest BCUT2D eigenvalue weighted by Gasteiger charge is -2.31. The number of nitrogens with zero attached hydrogens (tertiary/aromatic N) is 2. The van der Waals surface area contributed by atoms with Crippen molar-refractivity contribution in [3.63, 3.8) is 0 Å². The Labute approximate surface area is 179 Å². The maximum Gasteiger partial charge on any atom is 0.293 e. The number of nitro groups is 1. The van der Waals surface area contributed by atoms with E-state index in [1.807, 2.05) is 4.90 Å². The van der Waals surface area contributed by atoms with Gasteiger partial charge in [-0.2, -0.15) is 0 Å². The molecule has 0 radical (unpaired) electrons. The first-order valence-electron chi connectivity index (χ1n) is 9.70. The third-order valence-corrected chi connectivity index (χ3v) is 6.16. The Morgan fingerprint density at radius 3 is 2.60 bits per heavy atom. The van der Waals surface area contributed by atoms with Gasteiger partial charge in [0.15, 0.2) is 0 Å². The second-order valence-corrected chi connectivity index (χ2v) is 8.35. The van der Waals surface area contributed by atoms with Gasteiger partial charge in [-0.25, -0.2) is 0 Å². The molecule has 2 aromatic carbocycles. The summed E-state index contributed by atoms with van der Waals surface area (Å²) in [6, 6.07) is 11.6. The van der Waals surface area contributed by atoms with Crippen LogP contribution in [0.3, 0.4) is 0 Å². The number of para-hydroxylation sites is 1. The molecule has 3 N–H and O–H groups in total. The van der Waals surface area contributed by atoms with Gasteiger partial charge in [-0.15, -0.1) is 11.8 Å². The smallest absolute Gasteiger partial charge is 0.293 e. The lowest BCUT2D eigenvalue weighted by molar-refractivity contribution is -0.384. The number of hydrogen-bond donors (Lipinski definition) is 2. The predicted octanol–water partition coefficient (Wildman–Crippen LogP) is 3.66. The zero-order valence-electron chi connectivity index (χ0n) is 16.7. The number of hydrogen-bond acceptors (Lipinski definition) is 6. The van der Waals surface area contributed by atoms with Gasteiger partial charge in [-0.05, 0) is 43.0 Å². The molecule has 0 bridgehead atoms. The van der Waals surface area contributed by atoms with Gasteiger partial charge in [-0.1, -0.05) is 19.1 Å². The van der Waals surface area contributed by atoms with Crippen LogP contribution in [0.2, 0.25) is 0 Å². The number of piperidine rings is 1. The number of thioether (sulfide) groups is 1. The van der Waals surface area contributed by atoms with Gasteiger partial charge in [0.1, 0.15) is 5.69 Å². The SMILES string of the molecule is CC1CCN(c2ccc(C(=O)Nc3ccccc3SCC(N)=O)cc2[N+](=O)[O-])CC1. The molecule has 0 saturated carbocycles. The number of carbonyl (C=O) groups is 2. The number of nitro benzene ring substituents is 1. The van der Waals surface area contributed by atoms with Crippen LogP contribution in [0.25, 0.3) is 0 Å². The summed E-state index contributed by atoms with van der Waals surface area (Å²) in [5.74, 6) is -0.219. The molecule has 158 valence electrons. The summed E-state index contributed by atoms with van der Waals surface area (Å²) >= 11 is 1.22. The summed E-state index contributed by atoms with van der Waals surface area (Å²) in [4.78, 5) is 37.7. The lowest BCUT2D eigenvalue weighted by Crippen LogP contribution is -2.33. The van der Waals surface area contributed by atoms with Crippen LogP contribution in [0.5, 0.6) is 0 Å². The summed E-state index contributed by atoms with van der Waals surface area (Å²) in [6.07, 6.45) is 1.97. The largest absolute Gasteiger partial charge is 0.369 e. The maximum atomic E-state index is 12.8. The molecule has 0 unspecified atom stereocenters. The fraction of sp³-hybridized carbons (Fsp3) is 0.333. The Bertz CT molecular complexity index is 958. The van der Waals surface area contributed by atoms with Gasteiger partial charge in [0, 0.05) is 29.6 Å². The molecule has 0 aromatic heterocycles. The second kappa shape index (κ2) is 9.62. The molecule has 0 aliphatic carbocycles. The van der Waals surface area contributed by atoms with Crippen LogP contribution in [0.1, 0.15) is 30.1 Å². The number of anilines is 2. The molecule has 8 nitrogen and oxygen atoms in total. The molecule has 0 spiro atoms. The second-order valence-electron chi connectivity index (χ2n) is 7.34. The van der Waals surface area contributed by atoms with E-state index in [1.54, 1.807) is 36.4 Å². The number of benzene rings is 2. The number of amides is 2. The minimum Gasteiger partial charge on any atom is -0.369 e. The summed E-state index contributed by atoms with van der Waals surface area (Å²) in [5.41, 5.74) is 6.38. The summed E-state index contributed by atoms with van der Waals surface area (Å²) < 4.78 is 0. The molecule has 1 aliphatic heterocycles. The summed E-state index contributed by atoms with van der Waals surface area (Å²) in [5, 5.41) is 14.4. The monoisotopic (exact) mass is 428 g/mol. The summed E-state index contributed by atoms with van der Waals surface area (Å²) in [6.45, 7) is 3.70. The Hall–Kier alpha value is -3.07. The quantitative estimate of drug-likeness (QED) is 0.395. The van der Waals surface area contributed by atoms with Crippen molar-refractivity contribution in [3.05, 3.63) is 58.1 Å². The molecule has 0 atom stereocenters. The lowest BCUT2D eigenvalue weighted by atomic mass is 9.98. The Kier molecular flexibility index (Phi) is 6.94. The summed E-state index contributed by atoms with van der Waals surface area (Å²) in [7, 11) is 0. The van der Waals surface area contributed by atoms with E-state index in [2.05, 4.69) is 12.2 Å². The van der Waals surface area contributed by atoms with E-state index in [0.29, 0.717) is 22.2 Å². The van der Waals surface area contributed by atoms with Crippen LogP contribution < -0.4 is 16.0 Å².